The molecule has 14 heavy (non-hydrogen) atoms. The minimum absolute atomic E-state index is 0.116. The number of rotatable bonds is 3. The molecule has 76 valence electrons. The van der Waals surface area contributed by atoms with E-state index in [1.54, 1.807) is 0 Å². The summed E-state index contributed by atoms with van der Waals surface area (Å²) < 4.78 is 24.7. The van der Waals surface area contributed by atoms with Crippen molar-refractivity contribution in [2.75, 3.05) is 0 Å². The second-order valence-corrected chi connectivity index (χ2v) is 2.83. The molecule has 1 rings (SSSR count). The molecule has 0 spiro atoms. The smallest absolute Gasteiger partial charge is 0.280 e. The molecular weight excluding hydrogens is 190 g/mol. The molecule has 1 aromatic heterocycles. The van der Waals surface area contributed by atoms with E-state index in [0.29, 0.717) is 11.8 Å². The van der Waals surface area contributed by atoms with Gasteiger partial charge >= 0.3 is 0 Å². The maximum Gasteiger partial charge on any atom is 0.280 e. The second-order valence-electron chi connectivity index (χ2n) is 2.83. The highest BCUT2D eigenvalue weighted by Gasteiger charge is 2.16. The van der Waals surface area contributed by atoms with Gasteiger partial charge in [-0.15, -0.1) is 0 Å². The van der Waals surface area contributed by atoms with Crippen LogP contribution in [0, 0.1) is 6.92 Å². The molecule has 0 fully saturated rings. The molecule has 0 saturated heterocycles. The average molecular weight is 200 g/mol. The van der Waals surface area contributed by atoms with Crippen molar-refractivity contribution in [3.63, 3.8) is 0 Å². The summed E-state index contributed by atoms with van der Waals surface area (Å²) in [6, 6.07) is 0. The maximum absolute atomic E-state index is 12.4. The van der Waals surface area contributed by atoms with E-state index in [2.05, 4.69) is 4.98 Å². The van der Waals surface area contributed by atoms with Gasteiger partial charge in [0, 0.05) is 18.3 Å². The molecule has 0 aliphatic heterocycles. The summed E-state index contributed by atoms with van der Waals surface area (Å²) in [4.78, 5) is 14.2. The molecule has 2 N–H and O–H groups in total. The van der Waals surface area contributed by atoms with Crippen molar-refractivity contribution >= 4 is 6.29 Å². The van der Waals surface area contributed by atoms with Crippen LogP contribution in [0.1, 0.15) is 33.6 Å². The second kappa shape index (κ2) is 4.23. The number of hydrogen-bond donors (Lipinski definition) is 1. The number of pyridine rings is 1. The summed E-state index contributed by atoms with van der Waals surface area (Å²) in [5.41, 5.74) is 5.89. The van der Waals surface area contributed by atoms with E-state index in [0.717, 1.165) is 0 Å². The van der Waals surface area contributed by atoms with Gasteiger partial charge in [-0.25, -0.2) is 8.78 Å². The summed E-state index contributed by atoms with van der Waals surface area (Å²) in [5, 5.41) is 0. The summed E-state index contributed by atoms with van der Waals surface area (Å²) in [5.74, 6) is 0. The molecule has 0 radical (unpaired) electrons. The molecule has 0 aliphatic carbocycles. The lowest BCUT2D eigenvalue weighted by Crippen LogP contribution is -2.07. The van der Waals surface area contributed by atoms with Crippen molar-refractivity contribution < 1.29 is 13.6 Å². The van der Waals surface area contributed by atoms with E-state index in [1.807, 2.05) is 0 Å². The van der Waals surface area contributed by atoms with Crippen LogP contribution < -0.4 is 5.73 Å². The van der Waals surface area contributed by atoms with Crippen LogP contribution in [0.2, 0.25) is 0 Å². The Morgan fingerprint density at radius 3 is 2.71 bits per heavy atom. The van der Waals surface area contributed by atoms with Crippen LogP contribution in [-0.2, 0) is 6.54 Å². The number of alkyl halides is 2. The normalized spacial score (nSPS) is 10.6. The predicted octanol–water partition coefficient (Wildman–Crippen LogP) is 1.60. The molecule has 0 unspecified atom stereocenters. The van der Waals surface area contributed by atoms with Gasteiger partial charge in [0.15, 0.2) is 6.29 Å². The molecule has 3 nitrogen and oxygen atoms in total. The lowest BCUT2D eigenvalue weighted by Gasteiger charge is -2.09. The Morgan fingerprint density at radius 1 is 1.64 bits per heavy atom. The SMILES string of the molecule is Cc1c(C(F)F)ncc(CN)c1C=O. The van der Waals surface area contributed by atoms with Gasteiger partial charge in [-0.05, 0) is 18.1 Å². The first kappa shape index (κ1) is 10.7. The fourth-order valence-corrected chi connectivity index (χ4v) is 1.24. The third kappa shape index (κ3) is 1.77. The Bertz CT molecular complexity index is 353. The Balaban J connectivity index is 3.34. The summed E-state index contributed by atoms with van der Waals surface area (Å²) in [6.07, 6.45) is -0.913. The van der Waals surface area contributed by atoms with Crippen LogP contribution >= 0.6 is 0 Å². The largest absolute Gasteiger partial charge is 0.326 e. The zero-order chi connectivity index (χ0) is 10.7. The van der Waals surface area contributed by atoms with Crippen LogP contribution in [0.15, 0.2) is 6.20 Å². The highest BCUT2D eigenvalue weighted by atomic mass is 19.3. The first-order valence-electron chi connectivity index (χ1n) is 4.03. The van der Waals surface area contributed by atoms with Crippen LogP contribution in [0.4, 0.5) is 8.78 Å². The lowest BCUT2D eigenvalue weighted by atomic mass is 10.0. The monoisotopic (exact) mass is 200 g/mol. The molecule has 5 heteroatoms. The molecule has 0 aliphatic rings. The predicted molar refractivity (Wildman–Crippen MR) is 47.2 cm³/mol. The van der Waals surface area contributed by atoms with E-state index >= 15 is 0 Å². The zero-order valence-electron chi connectivity index (χ0n) is 7.63. The first-order chi connectivity index (χ1) is 6.61. The van der Waals surface area contributed by atoms with E-state index in [9.17, 15) is 13.6 Å². The van der Waals surface area contributed by atoms with Crippen molar-refractivity contribution in [2.45, 2.75) is 19.9 Å². The number of hydrogen-bond acceptors (Lipinski definition) is 3. The fraction of sp³-hybridized carbons (Fsp3) is 0.333. The Kier molecular flexibility index (Phi) is 3.24. The van der Waals surface area contributed by atoms with Crippen LogP contribution in [0.5, 0.6) is 0 Å². The minimum atomic E-state index is -2.67. The van der Waals surface area contributed by atoms with Crippen molar-refractivity contribution in [3.05, 3.63) is 28.6 Å². The molecule has 0 atom stereocenters. The third-order valence-corrected chi connectivity index (χ3v) is 2.04. The van der Waals surface area contributed by atoms with E-state index < -0.39 is 6.43 Å². The van der Waals surface area contributed by atoms with Gasteiger partial charge in [-0.2, -0.15) is 0 Å². The fourth-order valence-electron chi connectivity index (χ4n) is 1.24. The highest BCUT2D eigenvalue weighted by Crippen LogP contribution is 2.23. The molecule has 0 bridgehead atoms. The van der Waals surface area contributed by atoms with Gasteiger partial charge in [0.1, 0.15) is 5.69 Å². The molecular formula is C9H10F2N2O. The molecule has 1 heterocycles. The number of halogens is 2. The van der Waals surface area contributed by atoms with E-state index in [-0.39, 0.29) is 23.4 Å². The quantitative estimate of drug-likeness (QED) is 0.754. The van der Waals surface area contributed by atoms with Gasteiger partial charge in [-0.1, -0.05) is 0 Å². The minimum Gasteiger partial charge on any atom is -0.326 e. The molecule has 0 amide bonds. The first-order valence-corrected chi connectivity index (χ1v) is 4.03. The van der Waals surface area contributed by atoms with E-state index in [1.165, 1.54) is 13.1 Å². The third-order valence-electron chi connectivity index (χ3n) is 2.04. The van der Waals surface area contributed by atoms with Gasteiger partial charge in [-0.3, -0.25) is 9.78 Å². The number of nitrogens with two attached hydrogens (primary N) is 1. The maximum atomic E-state index is 12.4. The van der Waals surface area contributed by atoms with Gasteiger partial charge in [0.25, 0.3) is 6.43 Å². The van der Waals surface area contributed by atoms with Gasteiger partial charge in [0.2, 0.25) is 0 Å². The number of aromatic nitrogens is 1. The molecule has 0 aromatic carbocycles. The summed E-state index contributed by atoms with van der Waals surface area (Å²) in [6.45, 7) is 1.56. The van der Waals surface area contributed by atoms with Gasteiger partial charge in [0.05, 0.1) is 0 Å². The molecule has 0 saturated carbocycles. The van der Waals surface area contributed by atoms with Crippen molar-refractivity contribution in [1.82, 2.24) is 4.98 Å². The van der Waals surface area contributed by atoms with Crippen molar-refractivity contribution in [3.8, 4) is 0 Å². The van der Waals surface area contributed by atoms with E-state index in [4.69, 9.17) is 5.73 Å². The highest BCUT2D eigenvalue weighted by molar-refractivity contribution is 5.79. The zero-order valence-corrected chi connectivity index (χ0v) is 7.63. The topological polar surface area (TPSA) is 56.0 Å². The van der Waals surface area contributed by atoms with Crippen LogP contribution in [-0.4, -0.2) is 11.3 Å². The summed E-state index contributed by atoms with van der Waals surface area (Å²) >= 11 is 0. The average Bonchev–Trinajstić information content (AvgIpc) is 2.16. The number of carbonyl (C=O) groups excluding carboxylic acids is 1. The number of nitrogens with zero attached hydrogens (tertiary/aromatic N) is 1. The van der Waals surface area contributed by atoms with Gasteiger partial charge < -0.3 is 5.73 Å². The summed E-state index contributed by atoms with van der Waals surface area (Å²) in [7, 11) is 0. The Morgan fingerprint density at radius 2 is 2.29 bits per heavy atom. The van der Waals surface area contributed by atoms with Crippen molar-refractivity contribution in [2.24, 2.45) is 5.73 Å². The Labute approximate surface area is 79.9 Å². The number of carbonyl (C=O) groups is 1. The Hall–Kier alpha value is -1.36. The van der Waals surface area contributed by atoms with Crippen molar-refractivity contribution in [1.29, 1.82) is 0 Å². The van der Waals surface area contributed by atoms with Crippen LogP contribution in [0.3, 0.4) is 0 Å². The number of aldehydes is 1. The lowest BCUT2D eigenvalue weighted by molar-refractivity contribution is 0.112. The standard InChI is InChI=1S/C9H10F2N2O/c1-5-7(4-14)6(2-12)3-13-8(5)9(10)11/h3-4,9H,2,12H2,1H3. The molecule has 1 aromatic rings. The van der Waals surface area contributed by atoms with Crippen LogP contribution in [0.25, 0.3) is 0 Å².